The first-order chi connectivity index (χ1) is 9.63. The maximum atomic E-state index is 12.4. The van der Waals surface area contributed by atoms with Gasteiger partial charge < -0.3 is 16.0 Å². The lowest BCUT2D eigenvalue weighted by Crippen LogP contribution is -2.46. The van der Waals surface area contributed by atoms with Crippen molar-refractivity contribution in [3.63, 3.8) is 0 Å². The van der Waals surface area contributed by atoms with E-state index in [0.717, 1.165) is 17.3 Å². The SMILES string of the molecule is NCCNC(=O)C1CCCN(C(=O)c2sccc2Br)C1. The summed E-state index contributed by atoms with van der Waals surface area (Å²) in [6, 6.07) is 1.87. The number of nitrogens with zero attached hydrogens (tertiary/aromatic N) is 1. The Balaban J connectivity index is 1.98. The lowest BCUT2D eigenvalue weighted by atomic mass is 9.97. The van der Waals surface area contributed by atoms with Crippen LogP contribution >= 0.6 is 27.3 Å². The van der Waals surface area contributed by atoms with E-state index < -0.39 is 0 Å². The summed E-state index contributed by atoms with van der Waals surface area (Å²) in [7, 11) is 0. The summed E-state index contributed by atoms with van der Waals surface area (Å²) in [5.74, 6) is -0.126. The van der Waals surface area contributed by atoms with Crippen molar-refractivity contribution in [1.82, 2.24) is 10.2 Å². The second-order valence-corrected chi connectivity index (χ2v) is 6.54. The predicted molar refractivity (Wildman–Crippen MR) is 82.7 cm³/mol. The monoisotopic (exact) mass is 359 g/mol. The van der Waals surface area contributed by atoms with Crippen LogP contribution in [0.3, 0.4) is 0 Å². The molecule has 1 atom stereocenters. The highest BCUT2D eigenvalue weighted by Gasteiger charge is 2.29. The van der Waals surface area contributed by atoms with Crippen LogP contribution < -0.4 is 11.1 Å². The van der Waals surface area contributed by atoms with Gasteiger partial charge in [0, 0.05) is 30.7 Å². The van der Waals surface area contributed by atoms with E-state index in [1.807, 2.05) is 11.4 Å². The standard InChI is InChI=1S/C13H18BrN3O2S/c14-10-3-7-20-11(10)13(19)17-6-1-2-9(8-17)12(18)16-5-4-15/h3,7,9H,1-2,4-6,8,15H2,(H,16,18). The van der Waals surface area contributed by atoms with Crippen molar-refractivity contribution >= 4 is 39.1 Å². The number of hydrogen-bond donors (Lipinski definition) is 2. The van der Waals surface area contributed by atoms with Gasteiger partial charge in [-0.25, -0.2) is 0 Å². The molecule has 0 bridgehead atoms. The van der Waals surface area contributed by atoms with Gasteiger partial charge in [0.05, 0.1) is 5.92 Å². The summed E-state index contributed by atoms with van der Waals surface area (Å²) in [6.45, 7) is 2.12. The predicted octanol–water partition coefficient (Wildman–Crippen LogP) is 1.44. The van der Waals surface area contributed by atoms with Crippen LogP contribution in [0.5, 0.6) is 0 Å². The van der Waals surface area contributed by atoms with E-state index in [9.17, 15) is 9.59 Å². The number of thiophene rings is 1. The van der Waals surface area contributed by atoms with E-state index in [-0.39, 0.29) is 17.7 Å². The minimum absolute atomic E-state index is 0.00167. The van der Waals surface area contributed by atoms with Crippen LogP contribution in [0.25, 0.3) is 0 Å². The molecule has 1 unspecified atom stereocenters. The molecule has 0 saturated carbocycles. The van der Waals surface area contributed by atoms with Gasteiger partial charge in [-0.1, -0.05) is 0 Å². The highest BCUT2D eigenvalue weighted by atomic mass is 79.9. The number of carbonyl (C=O) groups excluding carboxylic acids is 2. The van der Waals surface area contributed by atoms with Gasteiger partial charge in [0.15, 0.2) is 0 Å². The number of amides is 2. The fourth-order valence-electron chi connectivity index (χ4n) is 2.31. The highest BCUT2D eigenvalue weighted by molar-refractivity contribution is 9.10. The second-order valence-electron chi connectivity index (χ2n) is 4.77. The molecule has 0 spiro atoms. The zero-order valence-electron chi connectivity index (χ0n) is 11.1. The Morgan fingerprint density at radius 3 is 3.00 bits per heavy atom. The van der Waals surface area contributed by atoms with Gasteiger partial charge in [-0.3, -0.25) is 9.59 Å². The van der Waals surface area contributed by atoms with Crippen molar-refractivity contribution in [3.05, 3.63) is 20.8 Å². The third kappa shape index (κ3) is 3.59. The zero-order valence-corrected chi connectivity index (χ0v) is 13.5. The van der Waals surface area contributed by atoms with E-state index in [2.05, 4.69) is 21.2 Å². The van der Waals surface area contributed by atoms with E-state index in [4.69, 9.17) is 5.73 Å². The smallest absolute Gasteiger partial charge is 0.265 e. The molecule has 2 heterocycles. The van der Waals surface area contributed by atoms with Gasteiger partial charge >= 0.3 is 0 Å². The van der Waals surface area contributed by atoms with Crippen LogP contribution in [0, 0.1) is 5.92 Å². The third-order valence-corrected chi connectivity index (χ3v) is 5.16. The molecule has 2 amide bonds. The second kappa shape index (κ2) is 7.19. The van der Waals surface area contributed by atoms with Crippen molar-refractivity contribution in [1.29, 1.82) is 0 Å². The first-order valence-corrected chi connectivity index (χ1v) is 8.30. The third-order valence-electron chi connectivity index (χ3n) is 3.33. The van der Waals surface area contributed by atoms with Crippen molar-refractivity contribution in [2.75, 3.05) is 26.2 Å². The molecular formula is C13H18BrN3O2S. The van der Waals surface area contributed by atoms with E-state index in [1.165, 1.54) is 11.3 Å². The molecule has 1 saturated heterocycles. The average molecular weight is 360 g/mol. The van der Waals surface area contributed by atoms with Crippen molar-refractivity contribution in [2.24, 2.45) is 11.7 Å². The van der Waals surface area contributed by atoms with Crippen molar-refractivity contribution in [3.8, 4) is 0 Å². The van der Waals surface area contributed by atoms with Gasteiger partial charge in [0.25, 0.3) is 5.91 Å². The molecule has 0 aromatic carbocycles. The average Bonchev–Trinajstić information content (AvgIpc) is 2.90. The normalized spacial score (nSPS) is 18.9. The molecule has 1 aliphatic heterocycles. The number of hydrogen-bond acceptors (Lipinski definition) is 4. The fraction of sp³-hybridized carbons (Fsp3) is 0.538. The van der Waals surface area contributed by atoms with Crippen LogP contribution in [0.2, 0.25) is 0 Å². The van der Waals surface area contributed by atoms with E-state index in [1.54, 1.807) is 4.90 Å². The number of carbonyl (C=O) groups is 2. The van der Waals surface area contributed by atoms with Crippen LogP contribution in [0.4, 0.5) is 0 Å². The molecule has 3 N–H and O–H groups in total. The number of piperidine rings is 1. The summed E-state index contributed by atoms with van der Waals surface area (Å²) in [5.41, 5.74) is 5.38. The zero-order chi connectivity index (χ0) is 14.5. The molecule has 0 radical (unpaired) electrons. The Morgan fingerprint density at radius 2 is 2.35 bits per heavy atom. The Morgan fingerprint density at radius 1 is 1.55 bits per heavy atom. The molecule has 1 aromatic rings. The maximum Gasteiger partial charge on any atom is 0.265 e. The summed E-state index contributed by atoms with van der Waals surface area (Å²) >= 11 is 4.80. The van der Waals surface area contributed by atoms with Crippen LogP contribution in [0.15, 0.2) is 15.9 Å². The Hall–Kier alpha value is -0.920. The number of rotatable bonds is 4. The number of nitrogens with one attached hydrogen (secondary N) is 1. The van der Waals surface area contributed by atoms with Crippen LogP contribution in [-0.2, 0) is 4.79 Å². The first kappa shape index (κ1) is 15.5. The molecule has 110 valence electrons. The Labute approximate surface area is 130 Å². The van der Waals surface area contributed by atoms with Gasteiger partial charge in [0.1, 0.15) is 4.88 Å². The fourth-order valence-corrected chi connectivity index (χ4v) is 3.81. The maximum absolute atomic E-state index is 12.4. The molecule has 1 aromatic heterocycles. The largest absolute Gasteiger partial charge is 0.355 e. The van der Waals surface area contributed by atoms with E-state index in [0.29, 0.717) is 31.1 Å². The lowest BCUT2D eigenvalue weighted by molar-refractivity contribution is -0.126. The molecule has 7 heteroatoms. The highest BCUT2D eigenvalue weighted by Crippen LogP contribution is 2.26. The summed E-state index contributed by atoms with van der Waals surface area (Å²) in [6.07, 6.45) is 1.68. The number of likely N-dealkylation sites (tertiary alicyclic amines) is 1. The molecule has 0 aliphatic carbocycles. The van der Waals surface area contributed by atoms with Crippen molar-refractivity contribution < 1.29 is 9.59 Å². The Bertz CT molecular complexity index is 492. The van der Waals surface area contributed by atoms with Gasteiger partial charge in [-0.2, -0.15) is 0 Å². The number of nitrogens with two attached hydrogens (primary N) is 1. The molecule has 5 nitrogen and oxygen atoms in total. The van der Waals surface area contributed by atoms with E-state index >= 15 is 0 Å². The molecule has 1 aliphatic rings. The van der Waals surface area contributed by atoms with Gasteiger partial charge in [-0.15, -0.1) is 11.3 Å². The minimum atomic E-state index is -0.127. The first-order valence-electron chi connectivity index (χ1n) is 6.63. The van der Waals surface area contributed by atoms with Crippen molar-refractivity contribution in [2.45, 2.75) is 12.8 Å². The molecule has 1 fully saturated rings. The molecule has 20 heavy (non-hydrogen) atoms. The Kier molecular flexibility index (Phi) is 5.56. The summed E-state index contributed by atoms with van der Waals surface area (Å²) in [5, 5.41) is 4.68. The lowest BCUT2D eigenvalue weighted by Gasteiger charge is -2.31. The molecule has 2 rings (SSSR count). The minimum Gasteiger partial charge on any atom is -0.355 e. The topological polar surface area (TPSA) is 75.4 Å². The van der Waals surface area contributed by atoms with Crippen LogP contribution in [0.1, 0.15) is 22.5 Å². The summed E-state index contributed by atoms with van der Waals surface area (Å²) in [4.78, 5) is 26.9. The number of halogens is 1. The van der Waals surface area contributed by atoms with Crippen LogP contribution in [-0.4, -0.2) is 42.9 Å². The molecular weight excluding hydrogens is 342 g/mol. The summed E-state index contributed by atoms with van der Waals surface area (Å²) < 4.78 is 0.821. The quantitative estimate of drug-likeness (QED) is 0.853. The van der Waals surface area contributed by atoms with Gasteiger partial charge in [0.2, 0.25) is 5.91 Å². The van der Waals surface area contributed by atoms with Gasteiger partial charge in [-0.05, 0) is 40.2 Å².